The zero-order valence-electron chi connectivity index (χ0n) is 17.0. The average molecular weight is 411 g/mol. The Morgan fingerprint density at radius 1 is 0.967 bits per heavy atom. The van der Waals surface area contributed by atoms with E-state index in [4.69, 9.17) is 4.74 Å². The molecule has 0 radical (unpaired) electrons. The second kappa shape index (κ2) is 12.0. The number of hydrogen-bond donors (Lipinski definition) is 2. The lowest BCUT2D eigenvalue weighted by atomic mass is 10.1. The van der Waals surface area contributed by atoms with Gasteiger partial charge in [-0.15, -0.1) is 0 Å². The minimum atomic E-state index is -0.905. The molecule has 30 heavy (non-hydrogen) atoms. The Balaban J connectivity index is 1.79. The van der Waals surface area contributed by atoms with E-state index in [-0.39, 0.29) is 0 Å². The zero-order chi connectivity index (χ0) is 21.8. The van der Waals surface area contributed by atoms with Gasteiger partial charge in [0.15, 0.2) is 0 Å². The molecule has 2 N–H and O–H groups in total. The van der Waals surface area contributed by atoms with Gasteiger partial charge in [0.1, 0.15) is 5.75 Å². The summed E-state index contributed by atoms with van der Waals surface area (Å²) < 4.78 is 10.2. The fourth-order valence-electron chi connectivity index (χ4n) is 2.40. The monoisotopic (exact) mass is 411 g/mol. The second-order valence-electron chi connectivity index (χ2n) is 6.35. The molecule has 0 aliphatic heterocycles. The number of ether oxygens (including phenoxy) is 2. The van der Waals surface area contributed by atoms with E-state index >= 15 is 0 Å². The van der Waals surface area contributed by atoms with Crippen molar-refractivity contribution in [1.29, 1.82) is 0 Å². The van der Waals surface area contributed by atoms with Crippen LogP contribution < -0.4 is 15.5 Å². The number of anilines is 1. The van der Waals surface area contributed by atoms with Crippen LogP contribution >= 0.6 is 0 Å². The number of methoxy groups -OCH3 is 1. The molecule has 2 amide bonds. The van der Waals surface area contributed by atoms with E-state index in [1.165, 1.54) is 13.3 Å². The molecule has 0 aliphatic rings. The minimum absolute atomic E-state index is 0.399. The van der Waals surface area contributed by atoms with E-state index < -0.39 is 17.8 Å². The topological polar surface area (TPSA) is 106 Å². The number of unbranched alkanes of at least 4 members (excludes halogenated alkanes) is 2. The molecule has 2 aromatic rings. The Bertz CT molecular complexity index is 877. The predicted molar refractivity (Wildman–Crippen MR) is 114 cm³/mol. The number of benzene rings is 2. The van der Waals surface area contributed by atoms with Crippen LogP contribution in [-0.4, -0.2) is 37.7 Å². The Hall–Kier alpha value is -3.68. The van der Waals surface area contributed by atoms with Crippen LogP contribution in [-0.2, 0) is 14.3 Å². The highest BCUT2D eigenvalue weighted by Crippen LogP contribution is 2.16. The van der Waals surface area contributed by atoms with E-state index in [1.54, 1.807) is 48.5 Å². The van der Waals surface area contributed by atoms with Crippen molar-refractivity contribution in [3.63, 3.8) is 0 Å². The van der Waals surface area contributed by atoms with Crippen molar-refractivity contribution in [2.45, 2.75) is 26.2 Å². The first-order chi connectivity index (χ1) is 14.5. The highest BCUT2D eigenvalue weighted by atomic mass is 16.5. The molecule has 0 aromatic heterocycles. The number of hydrazone groups is 1. The first-order valence-electron chi connectivity index (χ1n) is 9.59. The van der Waals surface area contributed by atoms with E-state index in [0.717, 1.165) is 19.3 Å². The summed E-state index contributed by atoms with van der Waals surface area (Å²) in [6.45, 7) is 2.77. The third-order valence-electron chi connectivity index (χ3n) is 4.05. The molecule has 2 aromatic carbocycles. The van der Waals surface area contributed by atoms with Gasteiger partial charge >= 0.3 is 17.8 Å². The lowest BCUT2D eigenvalue weighted by Crippen LogP contribution is -2.32. The van der Waals surface area contributed by atoms with Crippen LogP contribution in [0.4, 0.5) is 5.69 Å². The number of carbonyl (C=O) groups excluding carboxylic acids is 3. The maximum atomic E-state index is 12.0. The van der Waals surface area contributed by atoms with Crippen molar-refractivity contribution < 1.29 is 23.9 Å². The van der Waals surface area contributed by atoms with Gasteiger partial charge in [0.05, 0.1) is 25.5 Å². The summed E-state index contributed by atoms with van der Waals surface area (Å²) in [7, 11) is 1.30. The summed E-state index contributed by atoms with van der Waals surface area (Å²) in [6.07, 6.45) is 4.59. The van der Waals surface area contributed by atoms with Gasteiger partial charge in [-0.05, 0) is 48.4 Å². The van der Waals surface area contributed by atoms with Crippen LogP contribution in [0.1, 0.15) is 42.1 Å². The first-order valence-corrected chi connectivity index (χ1v) is 9.59. The molecular formula is C22H25N3O5. The summed E-state index contributed by atoms with van der Waals surface area (Å²) >= 11 is 0. The number of carbonyl (C=O) groups is 3. The summed E-state index contributed by atoms with van der Waals surface area (Å²) in [5, 5.41) is 6.23. The molecule has 2 rings (SSSR count). The SMILES string of the molecule is CCCCCOc1ccc(NC(=O)C(=O)N/N=C/c2ccc(C(=O)OC)cc2)cc1. The number of esters is 1. The Morgan fingerprint density at radius 3 is 2.30 bits per heavy atom. The van der Waals surface area contributed by atoms with Crippen LogP contribution in [0, 0.1) is 0 Å². The van der Waals surface area contributed by atoms with Crippen LogP contribution in [0.2, 0.25) is 0 Å². The Kier molecular flexibility index (Phi) is 9.05. The van der Waals surface area contributed by atoms with Crippen LogP contribution in [0.5, 0.6) is 5.75 Å². The molecule has 0 fully saturated rings. The Labute approximate surface area is 175 Å². The smallest absolute Gasteiger partial charge is 0.337 e. The van der Waals surface area contributed by atoms with Gasteiger partial charge < -0.3 is 14.8 Å². The predicted octanol–water partition coefficient (Wildman–Crippen LogP) is 3.13. The van der Waals surface area contributed by atoms with Gasteiger partial charge in [0.2, 0.25) is 0 Å². The molecule has 8 nitrogen and oxygen atoms in total. The maximum absolute atomic E-state index is 12.0. The lowest BCUT2D eigenvalue weighted by Gasteiger charge is -2.07. The standard InChI is InChI=1S/C22H25N3O5/c1-3-4-5-14-30-19-12-10-18(11-13-19)24-20(26)21(27)25-23-15-16-6-8-17(9-7-16)22(28)29-2/h6-13,15H,3-5,14H2,1-2H3,(H,24,26)(H,25,27)/b23-15+. The van der Waals surface area contributed by atoms with E-state index in [1.807, 2.05) is 0 Å². The van der Waals surface area contributed by atoms with E-state index in [9.17, 15) is 14.4 Å². The van der Waals surface area contributed by atoms with Crippen molar-refractivity contribution in [1.82, 2.24) is 5.43 Å². The summed E-state index contributed by atoms with van der Waals surface area (Å²) in [5.41, 5.74) is 3.66. The van der Waals surface area contributed by atoms with Gasteiger partial charge in [-0.3, -0.25) is 9.59 Å². The molecule has 0 unspecified atom stereocenters. The van der Waals surface area contributed by atoms with Gasteiger partial charge in [-0.25, -0.2) is 10.2 Å². The molecule has 0 saturated heterocycles. The van der Waals surface area contributed by atoms with Crippen molar-refractivity contribution in [3.8, 4) is 5.75 Å². The fourth-order valence-corrected chi connectivity index (χ4v) is 2.40. The lowest BCUT2D eigenvalue weighted by molar-refractivity contribution is -0.136. The van der Waals surface area contributed by atoms with E-state index in [0.29, 0.717) is 29.2 Å². The summed E-state index contributed by atoms with van der Waals surface area (Å²) in [5.74, 6) is -1.49. The van der Waals surface area contributed by atoms with Crippen LogP contribution in [0.3, 0.4) is 0 Å². The summed E-state index contributed by atoms with van der Waals surface area (Å²) in [6, 6.07) is 13.2. The molecule has 158 valence electrons. The van der Waals surface area contributed by atoms with Crippen molar-refractivity contribution in [3.05, 3.63) is 59.7 Å². The zero-order valence-corrected chi connectivity index (χ0v) is 17.0. The number of nitrogens with zero attached hydrogens (tertiary/aromatic N) is 1. The van der Waals surface area contributed by atoms with Crippen LogP contribution in [0.25, 0.3) is 0 Å². The third-order valence-corrected chi connectivity index (χ3v) is 4.05. The number of amides is 2. The van der Waals surface area contributed by atoms with Gasteiger partial charge in [-0.1, -0.05) is 31.9 Å². The molecule has 0 atom stereocenters. The fraction of sp³-hybridized carbons (Fsp3) is 0.273. The molecule has 0 bridgehead atoms. The van der Waals surface area contributed by atoms with Gasteiger partial charge in [0, 0.05) is 5.69 Å². The third kappa shape index (κ3) is 7.38. The molecule has 8 heteroatoms. The molecular weight excluding hydrogens is 386 g/mol. The van der Waals surface area contributed by atoms with Crippen molar-refractivity contribution in [2.75, 3.05) is 19.0 Å². The first kappa shape index (κ1) is 22.6. The molecule has 0 saturated carbocycles. The molecule has 0 heterocycles. The van der Waals surface area contributed by atoms with Gasteiger partial charge in [-0.2, -0.15) is 5.10 Å². The summed E-state index contributed by atoms with van der Waals surface area (Å²) in [4.78, 5) is 35.2. The molecule has 0 aliphatic carbocycles. The van der Waals surface area contributed by atoms with Crippen LogP contribution in [0.15, 0.2) is 53.6 Å². The quantitative estimate of drug-likeness (QED) is 0.217. The highest BCUT2D eigenvalue weighted by molar-refractivity contribution is 6.39. The van der Waals surface area contributed by atoms with Crippen molar-refractivity contribution >= 4 is 29.7 Å². The molecule has 0 spiro atoms. The maximum Gasteiger partial charge on any atom is 0.337 e. The van der Waals surface area contributed by atoms with E-state index in [2.05, 4.69) is 27.5 Å². The largest absolute Gasteiger partial charge is 0.494 e. The number of rotatable bonds is 9. The van der Waals surface area contributed by atoms with Gasteiger partial charge in [0.25, 0.3) is 0 Å². The highest BCUT2D eigenvalue weighted by Gasteiger charge is 2.13. The Morgan fingerprint density at radius 2 is 1.67 bits per heavy atom. The number of nitrogens with one attached hydrogen (secondary N) is 2. The minimum Gasteiger partial charge on any atom is -0.494 e. The number of hydrogen-bond acceptors (Lipinski definition) is 6. The second-order valence-corrected chi connectivity index (χ2v) is 6.35. The normalized spacial score (nSPS) is 10.5. The average Bonchev–Trinajstić information content (AvgIpc) is 2.77. The van der Waals surface area contributed by atoms with Crippen molar-refractivity contribution in [2.24, 2.45) is 5.10 Å².